The molecule has 0 spiro atoms. The Kier molecular flexibility index (Phi) is 12.4. The molecule has 5 nitrogen and oxygen atoms in total. The highest BCUT2D eigenvalue weighted by molar-refractivity contribution is 4.88. The van der Waals surface area contributed by atoms with Gasteiger partial charge in [0.25, 0.3) is 0 Å². The van der Waals surface area contributed by atoms with Crippen LogP contribution in [0.1, 0.15) is 64.2 Å². The number of aliphatic hydroxyl groups excluding tert-OH is 3. The zero-order chi connectivity index (χ0) is 17.6. The summed E-state index contributed by atoms with van der Waals surface area (Å²) in [5.74, 6) is 0. The number of ether oxygens (including phenoxy) is 2. The molecule has 4 atom stereocenters. The standard InChI is InChI=1S/C19H36O5/c1-2-3-4-5-6-7-8-9-10-11-12-13-23-17-15-24-19(18(17)22)16(21)14-20/h2,16-22H,1,3-15H2/t16-,17+,18+,19+/m1/s1. The van der Waals surface area contributed by atoms with Crippen LogP contribution >= 0.6 is 0 Å². The molecule has 0 amide bonds. The molecule has 0 unspecified atom stereocenters. The lowest BCUT2D eigenvalue weighted by Crippen LogP contribution is -2.41. The van der Waals surface area contributed by atoms with Crippen molar-refractivity contribution in [3.05, 3.63) is 12.7 Å². The van der Waals surface area contributed by atoms with Crippen LogP contribution in [0, 0.1) is 0 Å². The van der Waals surface area contributed by atoms with E-state index in [4.69, 9.17) is 14.6 Å². The maximum absolute atomic E-state index is 10.0. The van der Waals surface area contributed by atoms with Gasteiger partial charge in [0.1, 0.15) is 24.4 Å². The number of hydrogen-bond donors (Lipinski definition) is 3. The molecule has 0 aliphatic carbocycles. The van der Waals surface area contributed by atoms with Crippen molar-refractivity contribution in [3.8, 4) is 0 Å². The van der Waals surface area contributed by atoms with Crippen LogP contribution in [0.25, 0.3) is 0 Å². The SMILES string of the molecule is C=CCCCCCCCCCCCO[C@H]1CO[C@@H]([C@H](O)CO)[C@H]1O. The van der Waals surface area contributed by atoms with Gasteiger partial charge in [0.15, 0.2) is 0 Å². The number of hydrogen-bond acceptors (Lipinski definition) is 5. The highest BCUT2D eigenvalue weighted by Crippen LogP contribution is 2.20. The first-order valence-corrected chi connectivity index (χ1v) is 9.51. The van der Waals surface area contributed by atoms with Crippen LogP contribution in [-0.4, -0.2) is 59.6 Å². The van der Waals surface area contributed by atoms with Gasteiger partial charge in [-0.15, -0.1) is 6.58 Å². The van der Waals surface area contributed by atoms with Crippen LogP contribution < -0.4 is 0 Å². The third-order valence-electron chi connectivity index (χ3n) is 4.62. The molecule has 0 saturated carbocycles. The van der Waals surface area contributed by atoms with E-state index < -0.39 is 31.0 Å². The highest BCUT2D eigenvalue weighted by Gasteiger charge is 2.40. The van der Waals surface area contributed by atoms with Gasteiger partial charge in [-0.05, 0) is 19.3 Å². The summed E-state index contributed by atoms with van der Waals surface area (Å²) in [6, 6.07) is 0. The highest BCUT2D eigenvalue weighted by atomic mass is 16.6. The number of rotatable bonds is 15. The van der Waals surface area contributed by atoms with E-state index in [1.807, 2.05) is 6.08 Å². The molecular weight excluding hydrogens is 308 g/mol. The van der Waals surface area contributed by atoms with E-state index in [9.17, 15) is 10.2 Å². The van der Waals surface area contributed by atoms with E-state index in [2.05, 4.69) is 6.58 Å². The number of unbranched alkanes of at least 4 members (excludes halogenated alkanes) is 9. The monoisotopic (exact) mass is 344 g/mol. The first-order chi connectivity index (χ1) is 11.7. The zero-order valence-corrected chi connectivity index (χ0v) is 14.9. The Hall–Kier alpha value is -0.460. The van der Waals surface area contributed by atoms with Crippen molar-refractivity contribution in [1.29, 1.82) is 0 Å². The molecule has 142 valence electrons. The summed E-state index contributed by atoms with van der Waals surface area (Å²) in [5, 5.41) is 28.4. The molecule has 1 saturated heterocycles. The lowest BCUT2D eigenvalue weighted by atomic mass is 10.1. The van der Waals surface area contributed by atoms with E-state index in [1.54, 1.807) is 0 Å². The predicted molar refractivity (Wildman–Crippen MR) is 94.9 cm³/mol. The maximum atomic E-state index is 10.0. The molecule has 1 fully saturated rings. The van der Waals surface area contributed by atoms with Gasteiger partial charge in [-0.2, -0.15) is 0 Å². The molecule has 0 aromatic heterocycles. The van der Waals surface area contributed by atoms with Gasteiger partial charge in [0.2, 0.25) is 0 Å². The molecule has 1 aliphatic heterocycles. The minimum Gasteiger partial charge on any atom is -0.394 e. The second-order valence-electron chi connectivity index (χ2n) is 6.71. The summed E-state index contributed by atoms with van der Waals surface area (Å²) < 4.78 is 10.9. The van der Waals surface area contributed by atoms with E-state index in [0.717, 1.165) is 19.3 Å². The maximum Gasteiger partial charge on any atom is 0.114 e. The Morgan fingerprint density at radius 1 is 1.04 bits per heavy atom. The van der Waals surface area contributed by atoms with Gasteiger partial charge in [-0.25, -0.2) is 0 Å². The van der Waals surface area contributed by atoms with E-state index in [-0.39, 0.29) is 6.61 Å². The third kappa shape index (κ3) is 8.58. The van der Waals surface area contributed by atoms with Crippen molar-refractivity contribution < 1.29 is 24.8 Å². The second kappa shape index (κ2) is 13.8. The predicted octanol–water partition coefficient (Wildman–Crippen LogP) is 2.57. The number of aliphatic hydroxyl groups is 3. The molecule has 1 rings (SSSR count). The molecule has 0 radical (unpaired) electrons. The van der Waals surface area contributed by atoms with Crippen LogP contribution in [0.3, 0.4) is 0 Å². The molecule has 0 bridgehead atoms. The summed E-state index contributed by atoms with van der Waals surface area (Å²) in [7, 11) is 0. The van der Waals surface area contributed by atoms with Gasteiger partial charge in [0, 0.05) is 6.61 Å². The van der Waals surface area contributed by atoms with Gasteiger partial charge in [-0.1, -0.05) is 51.0 Å². The molecule has 1 aliphatic rings. The van der Waals surface area contributed by atoms with E-state index >= 15 is 0 Å². The van der Waals surface area contributed by atoms with Crippen molar-refractivity contribution in [3.63, 3.8) is 0 Å². The van der Waals surface area contributed by atoms with E-state index in [0.29, 0.717) is 6.61 Å². The Morgan fingerprint density at radius 2 is 1.62 bits per heavy atom. The largest absolute Gasteiger partial charge is 0.394 e. The topological polar surface area (TPSA) is 79.2 Å². The Labute approximate surface area is 146 Å². The third-order valence-corrected chi connectivity index (χ3v) is 4.62. The minimum absolute atomic E-state index is 0.273. The molecule has 24 heavy (non-hydrogen) atoms. The lowest BCUT2D eigenvalue weighted by Gasteiger charge is -2.20. The first-order valence-electron chi connectivity index (χ1n) is 9.51. The van der Waals surface area contributed by atoms with Crippen molar-refractivity contribution in [1.82, 2.24) is 0 Å². The minimum atomic E-state index is -1.05. The Bertz CT molecular complexity index is 310. The summed E-state index contributed by atoms with van der Waals surface area (Å²) in [6.07, 6.45) is 11.3. The van der Waals surface area contributed by atoms with Crippen LogP contribution in [0.2, 0.25) is 0 Å². The molecule has 0 aromatic rings. The molecule has 0 aromatic carbocycles. The van der Waals surface area contributed by atoms with Gasteiger partial charge < -0.3 is 24.8 Å². The summed E-state index contributed by atoms with van der Waals surface area (Å²) in [5.41, 5.74) is 0. The molecule has 1 heterocycles. The lowest BCUT2D eigenvalue weighted by molar-refractivity contribution is -0.0730. The van der Waals surface area contributed by atoms with Gasteiger partial charge in [0.05, 0.1) is 13.2 Å². The smallest absolute Gasteiger partial charge is 0.114 e. The average molecular weight is 344 g/mol. The van der Waals surface area contributed by atoms with Crippen LogP contribution in [0.15, 0.2) is 12.7 Å². The van der Waals surface area contributed by atoms with Crippen molar-refractivity contribution in [2.45, 2.75) is 88.6 Å². The van der Waals surface area contributed by atoms with Crippen LogP contribution in [0.5, 0.6) is 0 Å². The van der Waals surface area contributed by atoms with E-state index in [1.165, 1.54) is 44.9 Å². The summed E-state index contributed by atoms with van der Waals surface area (Å²) >= 11 is 0. The van der Waals surface area contributed by atoms with Gasteiger partial charge >= 0.3 is 0 Å². The quantitative estimate of drug-likeness (QED) is 0.314. The van der Waals surface area contributed by atoms with Crippen molar-refractivity contribution >= 4 is 0 Å². The zero-order valence-electron chi connectivity index (χ0n) is 14.9. The summed E-state index contributed by atoms with van der Waals surface area (Å²) in [6.45, 7) is 4.20. The second-order valence-corrected chi connectivity index (χ2v) is 6.71. The van der Waals surface area contributed by atoms with Crippen LogP contribution in [0.4, 0.5) is 0 Å². The first kappa shape index (κ1) is 21.6. The van der Waals surface area contributed by atoms with Crippen molar-refractivity contribution in [2.75, 3.05) is 19.8 Å². The molecular formula is C19H36O5. The molecule has 3 N–H and O–H groups in total. The average Bonchev–Trinajstić information content (AvgIpc) is 2.96. The van der Waals surface area contributed by atoms with Crippen molar-refractivity contribution in [2.24, 2.45) is 0 Å². The Morgan fingerprint density at radius 3 is 2.21 bits per heavy atom. The fraction of sp³-hybridized carbons (Fsp3) is 0.895. The fourth-order valence-corrected chi connectivity index (χ4v) is 3.07. The summed E-state index contributed by atoms with van der Waals surface area (Å²) in [4.78, 5) is 0. The number of allylic oxidation sites excluding steroid dienone is 1. The fourth-order valence-electron chi connectivity index (χ4n) is 3.07. The van der Waals surface area contributed by atoms with Crippen LogP contribution in [-0.2, 0) is 9.47 Å². The normalized spacial score (nSPS) is 25.0. The van der Waals surface area contributed by atoms with Gasteiger partial charge in [-0.3, -0.25) is 0 Å². The molecule has 5 heteroatoms. The Balaban J connectivity index is 1.89.